The summed E-state index contributed by atoms with van der Waals surface area (Å²) in [6, 6.07) is 15.6. The number of carboxylic acids is 1. The number of benzene rings is 2. The number of nitrogens with zero attached hydrogens (tertiary/aromatic N) is 3. The van der Waals surface area contributed by atoms with Crippen LogP contribution in [0, 0.1) is 0 Å². The molecule has 2 aromatic carbocycles. The number of carboxylic acid groups (broad SMARTS) is 1. The smallest absolute Gasteiger partial charge is 0.374 e. The molecular formula is C19H16BrN3O3. The molecule has 0 spiro atoms. The van der Waals surface area contributed by atoms with Crippen molar-refractivity contribution in [2.75, 3.05) is 24.7 Å². The van der Waals surface area contributed by atoms with Gasteiger partial charge in [-0.1, -0.05) is 46.3 Å². The van der Waals surface area contributed by atoms with E-state index in [-0.39, 0.29) is 11.9 Å². The van der Waals surface area contributed by atoms with Crippen LogP contribution in [0.5, 0.6) is 0 Å². The molecule has 7 heteroatoms. The summed E-state index contributed by atoms with van der Waals surface area (Å²) in [5, 5.41) is 10.2. The molecule has 0 amide bonds. The first-order valence-corrected chi connectivity index (χ1v) is 9.03. The van der Waals surface area contributed by atoms with Gasteiger partial charge in [0.05, 0.1) is 24.8 Å². The van der Waals surface area contributed by atoms with Crippen molar-refractivity contribution in [1.29, 1.82) is 0 Å². The third-order valence-electron chi connectivity index (χ3n) is 4.41. The van der Waals surface area contributed by atoms with E-state index in [1.807, 2.05) is 42.5 Å². The lowest BCUT2D eigenvalue weighted by Crippen LogP contribution is -2.40. The lowest BCUT2D eigenvalue weighted by Gasteiger charge is -2.37. The Kier molecular flexibility index (Phi) is 4.57. The Morgan fingerprint density at radius 2 is 2.00 bits per heavy atom. The van der Waals surface area contributed by atoms with Crippen LogP contribution < -0.4 is 4.90 Å². The molecule has 0 saturated carbocycles. The minimum absolute atomic E-state index is 0.0383. The second-order valence-electron chi connectivity index (χ2n) is 6.03. The Bertz CT molecular complexity index is 965. The Morgan fingerprint density at radius 1 is 1.19 bits per heavy atom. The maximum Gasteiger partial charge on any atom is 0.374 e. The van der Waals surface area contributed by atoms with E-state index < -0.39 is 5.97 Å². The largest absolute Gasteiger partial charge is 0.475 e. The van der Waals surface area contributed by atoms with Crippen LogP contribution in [-0.2, 0) is 4.74 Å². The molecule has 1 saturated heterocycles. The zero-order valence-electron chi connectivity index (χ0n) is 13.8. The van der Waals surface area contributed by atoms with Crippen LogP contribution in [0.15, 0.2) is 53.0 Å². The number of anilines is 1. The van der Waals surface area contributed by atoms with Crippen molar-refractivity contribution in [3.63, 3.8) is 0 Å². The molecule has 1 fully saturated rings. The normalized spacial score (nSPS) is 17.4. The van der Waals surface area contributed by atoms with E-state index in [9.17, 15) is 9.90 Å². The zero-order chi connectivity index (χ0) is 18.1. The molecule has 26 heavy (non-hydrogen) atoms. The van der Waals surface area contributed by atoms with E-state index >= 15 is 0 Å². The number of morpholine rings is 1. The first-order valence-electron chi connectivity index (χ1n) is 8.23. The summed E-state index contributed by atoms with van der Waals surface area (Å²) in [5.41, 5.74) is 1.71. The fraction of sp³-hybridized carbons (Fsp3) is 0.211. The molecule has 0 radical (unpaired) electrons. The van der Waals surface area contributed by atoms with E-state index in [1.165, 1.54) is 0 Å². The highest BCUT2D eigenvalue weighted by Gasteiger charge is 2.28. The summed E-state index contributed by atoms with van der Waals surface area (Å²) < 4.78 is 6.58. The van der Waals surface area contributed by atoms with Crippen LogP contribution in [-0.4, -0.2) is 40.8 Å². The summed E-state index contributed by atoms with van der Waals surface area (Å²) in [6.07, 6.45) is 0. The Morgan fingerprint density at radius 3 is 2.77 bits per heavy atom. The summed E-state index contributed by atoms with van der Waals surface area (Å²) in [7, 11) is 0. The number of hydrogen-bond acceptors (Lipinski definition) is 5. The van der Waals surface area contributed by atoms with Gasteiger partial charge in [0.1, 0.15) is 5.82 Å². The molecule has 3 aromatic rings. The second kappa shape index (κ2) is 7.01. The SMILES string of the molecule is O=C(O)c1nc(N2CCOCC2c2ccccc2)c2cc(Br)ccc2n1. The van der Waals surface area contributed by atoms with E-state index in [1.54, 1.807) is 6.07 Å². The van der Waals surface area contributed by atoms with Gasteiger partial charge >= 0.3 is 5.97 Å². The number of halogens is 1. The average molecular weight is 414 g/mol. The van der Waals surface area contributed by atoms with Crippen LogP contribution in [0.1, 0.15) is 22.2 Å². The van der Waals surface area contributed by atoms with Gasteiger partial charge in [-0.3, -0.25) is 0 Å². The van der Waals surface area contributed by atoms with Gasteiger partial charge in [-0.25, -0.2) is 14.8 Å². The predicted molar refractivity (Wildman–Crippen MR) is 102 cm³/mol. The second-order valence-corrected chi connectivity index (χ2v) is 6.95. The van der Waals surface area contributed by atoms with Gasteiger partial charge in [0.15, 0.2) is 0 Å². The van der Waals surface area contributed by atoms with Gasteiger partial charge in [-0.15, -0.1) is 0 Å². The van der Waals surface area contributed by atoms with Gasteiger partial charge in [0, 0.05) is 16.4 Å². The number of aromatic carboxylic acids is 1. The third-order valence-corrected chi connectivity index (χ3v) is 4.91. The fourth-order valence-corrected chi connectivity index (χ4v) is 3.57. The lowest BCUT2D eigenvalue weighted by molar-refractivity contribution is 0.0683. The topological polar surface area (TPSA) is 75.5 Å². The molecule has 1 atom stereocenters. The van der Waals surface area contributed by atoms with Crippen molar-refractivity contribution in [2.24, 2.45) is 0 Å². The number of rotatable bonds is 3. The van der Waals surface area contributed by atoms with Crippen molar-refractivity contribution in [2.45, 2.75) is 6.04 Å². The first-order chi connectivity index (χ1) is 12.6. The molecule has 1 unspecified atom stereocenters. The number of hydrogen-bond donors (Lipinski definition) is 1. The van der Waals surface area contributed by atoms with E-state index in [0.717, 1.165) is 15.4 Å². The number of aromatic nitrogens is 2. The van der Waals surface area contributed by atoms with Crippen molar-refractivity contribution in [1.82, 2.24) is 9.97 Å². The van der Waals surface area contributed by atoms with Gasteiger partial charge in [0.25, 0.3) is 0 Å². The molecule has 1 N–H and O–H groups in total. The minimum Gasteiger partial charge on any atom is -0.475 e. The van der Waals surface area contributed by atoms with Gasteiger partial charge in [0.2, 0.25) is 5.82 Å². The van der Waals surface area contributed by atoms with Crippen LogP contribution in [0.4, 0.5) is 5.82 Å². The van der Waals surface area contributed by atoms with Gasteiger partial charge in [-0.05, 0) is 23.8 Å². The molecule has 132 valence electrons. The molecular weight excluding hydrogens is 398 g/mol. The number of ether oxygens (including phenoxy) is 1. The Hall–Kier alpha value is -2.51. The van der Waals surface area contributed by atoms with Crippen molar-refractivity contribution >= 4 is 38.6 Å². The summed E-state index contributed by atoms with van der Waals surface area (Å²) >= 11 is 3.48. The molecule has 6 nitrogen and oxygen atoms in total. The fourth-order valence-electron chi connectivity index (χ4n) is 3.21. The van der Waals surface area contributed by atoms with Crippen LogP contribution in [0.3, 0.4) is 0 Å². The molecule has 1 aliphatic rings. The molecule has 2 heterocycles. The molecule has 4 rings (SSSR count). The average Bonchev–Trinajstić information content (AvgIpc) is 2.68. The summed E-state index contributed by atoms with van der Waals surface area (Å²) in [5.74, 6) is -0.723. The predicted octanol–water partition coefficient (Wildman–Crippen LogP) is 3.67. The highest BCUT2D eigenvalue weighted by molar-refractivity contribution is 9.10. The first kappa shape index (κ1) is 16.9. The standard InChI is InChI=1S/C19H16BrN3O3/c20-13-6-7-15-14(10-13)18(22-17(21-15)19(24)25)23-8-9-26-11-16(23)12-4-2-1-3-5-12/h1-7,10,16H,8-9,11H2,(H,24,25). The molecule has 1 aromatic heterocycles. The van der Waals surface area contributed by atoms with Crippen LogP contribution >= 0.6 is 15.9 Å². The zero-order valence-corrected chi connectivity index (χ0v) is 15.4. The summed E-state index contributed by atoms with van der Waals surface area (Å²) in [6.45, 7) is 1.70. The lowest BCUT2D eigenvalue weighted by atomic mass is 10.0. The van der Waals surface area contributed by atoms with Crippen molar-refractivity contribution < 1.29 is 14.6 Å². The van der Waals surface area contributed by atoms with Gasteiger partial charge < -0.3 is 14.7 Å². The highest BCUT2D eigenvalue weighted by Crippen LogP contribution is 2.34. The Balaban J connectivity index is 1.90. The monoisotopic (exact) mass is 413 g/mol. The maximum absolute atomic E-state index is 11.5. The van der Waals surface area contributed by atoms with E-state index in [0.29, 0.717) is 31.1 Å². The highest BCUT2D eigenvalue weighted by atomic mass is 79.9. The van der Waals surface area contributed by atoms with Crippen LogP contribution in [0.25, 0.3) is 10.9 Å². The molecule has 1 aliphatic heterocycles. The number of fused-ring (bicyclic) bond motifs is 1. The number of carbonyl (C=O) groups is 1. The van der Waals surface area contributed by atoms with Crippen molar-refractivity contribution in [3.8, 4) is 0 Å². The van der Waals surface area contributed by atoms with Crippen molar-refractivity contribution in [3.05, 3.63) is 64.4 Å². The quantitative estimate of drug-likeness (QED) is 0.705. The summed E-state index contributed by atoms with van der Waals surface area (Å²) in [4.78, 5) is 22.2. The minimum atomic E-state index is -1.14. The third kappa shape index (κ3) is 3.15. The molecule has 0 bridgehead atoms. The molecule has 0 aliphatic carbocycles. The van der Waals surface area contributed by atoms with E-state index in [2.05, 4.69) is 30.8 Å². The maximum atomic E-state index is 11.5. The Labute approximate surface area is 158 Å². The van der Waals surface area contributed by atoms with Crippen LogP contribution in [0.2, 0.25) is 0 Å². The van der Waals surface area contributed by atoms with Gasteiger partial charge in [-0.2, -0.15) is 0 Å². The van der Waals surface area contributed by atoms with E-state index in [4.69, 9.17) is 4.74 Å².